The van der Waals surface area contributed by atoms with Gasteiger partial charge >= 0.3 is 0 Å². The van der Waals surface area contributed by atoms with Gasteiger partial charge in [0.25, 0.3) is 0 Å². The lowest BCUT2D eigenvalue weighted by molar-refractivity contribution is -0.122. The van der Waals surface area contributed by atoms with Crippen LogP contribution >= 0.6 is 0 Å². The van der Waals surface area contributed by atoms with E-state index in [0.717, 1.165) is 36.8 Å². The standard InChI is InChI=1S/C25H36O4/c1-5-7-8-11-23(28)25(21-13-14-21)24(29)12-9-10-20(17-22(27)6-2)16-18(3)15-19(4)26/h6,8-11,15-16,21-22,24-27,29H,2,4-5,7,12-14,17H2,1,3H3/b10-9+,11-8-,18-15-,20-16-. The van der Waals surface area contributed by atoms with Crippen LogP contribution in [0.2, 0.25) is 0 Å². The highest BCUT2D eigenvalue weighted by atomic mass is 16.3. The summed E-state index contributed by atoms with van der Waals surface area (Å²) in [6.07, 6.45) is 15.2. The highest BCUT2D eigenvalue weighted by Gasteiger charge is 2.39. The number of aliphatic hydroxyl groups excluding tert-OH is 3. The van der Waals surface area contributed by atoms with Gasteiger partial charge in [-0.3, -0.25) is 4.79 Å². The second kappa shape index (κ2) is 13.1. The number of carbonyl (C=O) groups is 1. The summed E-state index contributed by atoms with van der Waals surface area (Å²) in [6.45, 7) is 10.9. The Kier molecular flexibility index (Phi) is 11.3. The summed E-state index contributed by atoms with van der Waals surface area (Å²) in [7, 11) is 0. The lowest BCUT2D eigenvalue weighted by atomic mass is 9.89. The summed E-state index contributed by atoms with van der Waals surface area (Å²) >= 11 is 0. The van der Waals surface area contributed by atoms with Gasteiger partial charge in [-0.2, -0.15) is 0 Å². The minimum atomic E-state index is -0.725. The third-order valence-electron chi connectivity index (χ3n) is 4.84. The van der Waals surface area contributed by atoms with Crippen molar-refractivity contribution in [3.05, 3.63) is 72.6 Å². The van der Waals surface area contributed by atoms with Crippen molar-refractivity contribution in [2.24, 2.45) is 11.8 Å². The van der Waals surface area contributed by atoms with Crippen molar-refractivity contribution in [3.63, 3.8) is 0 Å². The molecule has 4 heteroatoms. The number of hydrogen-bond acceptors (Lipinski definition) is 4. The normalized spacial score (nSPS) is 18.8. The molecule has 0 spiro atoms. The molecule has 1 rings (SSSR count). The SMILES string of the molecule is C=CC(O)CC(/C=C/CC(O)C(C(=O)/C=C\CCC)C1CC1)=C\C(C)=C/C(=C)O. The zero-order chi connectivity index (χ0) is 21.8. The summed E-state index contributed by atoms with van der Waals surface area (Å²) < 4.78 is 0. The van der Waals surface area contributed by atoms with Gasteiger partial charge < -0.3 is 15.3 Å². The molecule has 0 bridgehead atoms. The van der Waals surface area contributed by atoms with Crippen molar-refractivity contribution in [2.45, 2.75) is 64.6 Å². The summed E-state index contributed by atoms with van der Waals surface area (Å²) in [6, 6.07) is 0. The van der Waals surface area contributed by atoms with Crippen LogP contribution in [-0.4, -0.2) is 33.3 Å². The zero-order valence-electron chi connectivity index (χ0n) is 17.8. The van der Waals surface area contributed by atoms with Crippen LogP contribution in [0.5, 0.6) is 0 Å². The average Bonchev–Trinajstić information content (AvgIpc) is 3.46. The Morgan fingerprint density at radius 1 is 1.17 bits per heavy atom. The average molecular weight is 401 g/mol. The van der Waals surface area contributed by atoms with Crippen molar-refractivity contribution >= 4 is 5.78 Å². The first-order valence-corrected chi connectivity index (χ1v) is 10.4. The third-order valence-corrected chi connectivity index (χ3v) is 4.84. The van der Waals surface area contributed by atoms with Crippen molar-refractivity contribution < 1.29 is 20.1 Å². The van der Waals surface area contributed by atoms with Gasteiger partial charge in [0.15, 0.2) is 5.78 Å². The van der Waals surface area contributed by atoms with E-state index in [1.807, 2.05) is 31.2 Å². The molecule has 1 saturated carbocycles. The first-order valence-electron chi connectivity index (χ1n) is 10.4. The lowest BCUT2D eigenvalue weighted by Crippen LogP contribution is -2.28. The number of aliphatic hydroxyl groups is 3. The van der Waals surface area contributed by atoms with E-state index in [1.54, 1.807) is 6.08 Å². The van der Waals surface area contributed by atoms with Crippen molar-refractivity contribution in [2.75, 3.05) is 0 Å². The molecular formula is C25H36O4. The Morgan fingerprint density at radius 2 is 1.86 bits per heavy atom. The van der Waals surface area contributed by atoms with E-state index in [4.69, 9.17) is 0 Å². The minimum Gasteiger partial charge on any atom is -0.509 e. The molecule has 0 aromatic heterocycles. The van der Waals surface area contributed by atoms with Crippen molar-refractivity contribution in [1.29, 1.82) is 0 Å². The minimum absolute atomic E-state index is 0.0138. The smallest absolute Gasteiger partial charge is 0.161 e. The van der Waals surface area contributed by atoms with E-state index in [0.29, 0.717) is 12.8 Å². The van der Waals surface area contributed by atoms with E-state index >= 15 is 0 Å². The van der Waals surface area contributed by atoms with Gasteiger partial charge in [-0.25, -0.2) is 0 Å². The molecule has 0 aromatic rings. The van der Waals surface area contributed by atoms with E-state index in [-0.39, 0.29) is 23.4 Å². The van der Waals surface area contributed by atoms with Crippen LogP contribution < -0.4 is 0 Å². The predicted molar refractivity (Wildman–Crippen MR) is 119 cm³/mol. The maximum Gasteiger partial charge on any atom is 0.161 e. The van der Waals surface area contributed by atoms with E-state index in [2.05, 4.69) is 20.1 Å². The highest BCUT2D eigenvalue weighted by molar-refractivity contribution is 5.92. The lowest BCUT2D eigenvalue weighted by Gasteiger charge is -2.19. The van der Waals surface area contributed by atoms with Crippen LogP contribution in [0, 0.1) is 11.8 Å². The van der Waals surface area contributed by atoms with Gasteiger partial charge in [0.05, 0.1) is 18.1 Å². The predicted octanol–water partition coefficient (Wildman–Crippen LogP) is 5.13. The number of hydrogen-bond donors (Lipinski definition) is 3. The zero-order valence-corrected chi connectivity index (χ0v) is 17.8. The summed E-state index contributed by atoms with van der Waals surface area (Å²) in [4.78, 5) is 12.5. The highest BCUT2D eigenvalue weighted by Crippen LogP contribution is 2.40. The molecule has 4 nitrogen and oxygen atoms in total. The maximum absolute atomic E-state index is 12.5. The topological polar surface area (TPSA) is 77.8 Å². The molecule has 160 valence electrons. The fourth-order valence-corrected chi connectivity index (χ4v) is 3.27. The van der Waals surface area contributed by atoms with Gasteiger partial charge in [-0.1, -0.05) is 50.3 Å². The third kappa shape index (κ3) is 10.2. The summed E-state index contributed by atoms with van der Waals surface area (Å²) in [5.41, 5.74) is 1.62. The van der Waals surface area contributed by atoms with Crippen LogP contribution in [0.4, 0.5) is 0 Å². The second-order valence-electron chi connectivity index (χ2n) is 7.77. The molecule has 1 fully saturated rings. The quantitative estimate of drug-likeness (QED) is 0.164. The monoisotopic (exact) mass is 400 g/mol. The molecule has 29 heavy (non-hydrogen) atoms. The number of ketones is 1. The Balaban J connectivity index is 2.84. The molecular weight excluding hydrogens is 364 g/mol. The number of carbonyl (C=O) groups excluding carboxylic acids is 1. The van der Waals surface area contributed by atoms with Gasteiger partial charge in [0.1, 0.15) is 5.76 Å². The number of allylic oxidation sites excluding steroid dienone is 6. The second-order valence-corrected chi connectivity index (χ2v) is 7.77. The van der Waals surface area contributed by atoms with Crippen LogP contribution in [0.15, 0.2) is 72.6 Å². The van der Waals surface area contributed by atoms with Gasteiger partial charge in [0.2, 0.25) is 0 Å². The van der Waals surface area contributed by atoms with Gasteiger partial charge in [-0.05, 0) is 61.8 Å². The number of rotatable bonds is 14. The van der Waals surface area contributed by atoms with Crippen LogP contribution in [0.1, 0.15) is 52.4 Å². The Bertz CT molecular complexity index is 677. The van der Waals surface area contributed by atoms with Gasteiger partial charge in [-0.15, -0.1) is 6.58 Å². The first-order chi connectivity index (χ1) is 13.8. The molecule has 0 amide bonds. The van der Waals surface area contributed by atoms with Crippen LogP contribution in [0.3, 0.4) is 0 Å². The maximum atomic E-state index is 12.5. The van der Waals surface area contributed by atoms with Crippen molar-refractivity contribution in [3.8, 4) is 0 Å². The molecule has 0 aromatic carbocycles. The molecule has 3 N–H and O–H groups in total. The fourth-order valence-electron chi connectivity index (χ4n) is 3.27. The van der Waals surface area contributed by atoms with Crippen LogP contribution in [-0.2, 0) is 4.79 Å². The van der Waals surface area contributed by atoms with Crippen LogP contribution in [0.25, 0.3) is 0 Å². The van der Waals surface area contributed by atoms with E-state index in [9.17, 15) is 20.1 Å². The van der Waals surface area contributed by atoms with E-state index in [1.165, 1.54) is 12.2 Å². The molecule has 0 heterocycles. The molecule has 3 atom stereocenters. The van der Waals surface area contributed by atoms with E-state index < -0.39 is 12.2 Å². The van der Waals surface area contributed by atoms with Crippen molar-refractivity contribution in [1.82, 2.24) is 0 Å². The summed E-state index contributed by atoms with van der Waals surface area (Å²) in [5.74, 6) is -0.0996. The summed E-state index contributed by atoms with van der Waals surface area (Å²) in [5, 5.41) is 29.8. The molecule has 1 aliphatic rings. The molecule has 1 aliphatic carbocycles. The largest absolute Gasteiger partial charge is 0.509 e. The molecule has 0 aliphatic heterocycles. The molecule has 0 radical (unpaired) electrons. The molecule has 3 unspecified atom stereocenters. The first kappa shape index (κ1) is 24.9. The Labute approximate surface area is 175 Å². The number of unbranched alkanes of at least 4 members (excludes halogenated alkanes) is 1. The Hall–Kier alpha value is -2.17. The van der Waals surface area contributed by atoms with Gasteiger partial charge in [0, 0.05) is 6.42 Å². The Morgan fingerprint density at radius 3 is 2.41 bits per heavy atom. The fraction of sp³-hybridized carbons (Fsp3) is 0.480. The molecule has 0 saturated heterocycles.